The third-order valence-electron chi connectivity index (χ3n) is 1.77. The van der Waals surface area contributed by atoms with Gasteiger partial charge in [0, 0.05) is 36.2 Å². The zero-order valence-electron chi connectivity index (χ0n) is 8.75. The van der Waals surface area contributed by atoms with Crippen LogP contribution in [0.2, 0.25) is 0 Å². The normalized spacial score (nSPS) is 10.3. The Morgan fingerprint density at radius 1 is 1.38 bits per heavy atom. The van der Waals surface area contributed by atoms with Gasteiger partial charge in [-0.3, -0.25) is 0 Å². The van der Waals surface area contributed by atoms with Crippen LogP contribution in [0.3, 0.4) is 0 Å². The molecule has 0 saturated carbocycles. The highest BCUT2D eigenvalue weighted by Crippen LogP contribution is 2.24. The molecule has 5 nitrogen and oxygen atoms in total. The number of nitrogens with one attached hydrogen (secondary N) is 1. The maximum Gasteiger partial charge on any atom is 0.187 e. The molecule has 1 N–H and O–H groups in total. The summed E-state index contributed by atoms with van der Waals surface area (Å²) >= 11 is 2.94. The Morgan fingerprint density at radius 2 is 2.19 bits per heavy atom. The van der Waals surface area contributed by atoms with Crippen molar-refractivity contribution >= 4 is 28.3 Å². The summed E-state index contributed by atoms with van der Waals surface area (Å²) in [5.41, 5.74) is 0.962. The van der Waals surface area contributed by atoms with Gasteiger partial charge in [0.2, 0.25) is 0 Å². The average molecular weight is 253 g/mol. The van der Waals surface area contributed by atoms with Crippen molar-refractivity contribution in [2.75, 3.05) is 11.9 Å². The van der Waals surface area contributed by atoms with Gasteiger partial charge in [0.25, 0.3) is 0 Å². The number of thioether (sulfide) groups is 1. The van der Waals surface area contributed by atoms with Crippen LogP contribution < -0.4 is 5.32 Å². The molecule has 0 bridgehead atoms. The topological polar surface area (TPSA) is 63.6 Å². The predicted molar refractivity (Wildman–Crippen MR) is 65.7 cm³/mol. The van der Waals surface area contributed by atoms with Gasteiger partial charge in [0.1, 0.15) is 10.7 Å². The monoisotopic (exact) mass is 253 g/mol. The van der Waals surface area contributed by atoms with E-state index in [1.54, 1.807) is 30.2 Å². The van der Waals surface area contributed by atoms with E-state index in [1.165, 1.54) is 11.5 Å². The maximum absolute atomic E-state index is 4.14. The van der Waals surface area contributed by atoms with Crippen molar-refractivity contribution in [1.82, 2.24) is 19.6 Å². The van der Waals surface area contributed by atoms with Crippen LogP contribution in [-0.4, -0.2) is 26.1 Å². The highest BCUT2D eigenvalue weighted by atomic mass is 32.2. The van der Waals surface area contributed by atoms with Crippen LogP contribution in [0, 0.1) is 0 Å². The first kappa shape index (κ1) is 11.3. The molecule has 7 heteroatoms. The van der Waals surface area contributed by atoms with E-state index in [4.69, 9.17) is 0 Å². The van der Waals surface area contributed by atoms with Gasteiger partial charge in [-0.05, 0) is 13.0 Å². The van der Waals surface area contributed by atoms with Gasteiger partial charge in [-0.15, -0.1) is 5.10 Å². The zero-order valence-corrected chi connectivity index (χ0v) is 10.4. The number of hydrogen-bond acceptors (Lipinski definition) is 7. The van der Waals surface area contributed by atoms with E-state index in [-0.39, 0.29) is 0 Å². The van der Waals surface area contributed by atoms with Crippen LogP contribution in [0.25, 0.3) is 0 Å². The van der Waals surface area contributed by atoms with Crippen molar-refractivity contribution in [1.29, 1.82) is 0 Å². The van der Waals surface area contributed by atoms with E-state index in [9.17, 15) is 0 Å². The van der Waals surface area contributed by atoms with Gasteiger partial charge in [0.15, 0.2) is 5.16 Å². The molecule has 2 aromatic rings. The number of aromatic nitrogens is 4. The molecule has 16 heavy (non-hydrogen) atoms. The van der Waals surface area contributed by atoms with Crippen molar-refractivity contribution < 1.29 is 0 Å². The summed E-state index contributed by atoms with van der Waals surface area (Å²) in [6, 6.07) is 1.80. The van der Waals surface area contributed by atoms with Crippen molar-refractivity contribution in [3.05, 3.63) is 24.2 Å². The summed E-state index contributed by atoms with van der Waals surface area (Å²) in [6.45, 7) is 2.93. The molecular weight excluding hydrogens is 242 g/mol. The van der Waals surface area contributed by atoms with Crippen LogP contribution in [0.4, 0.5) is 5.00 Å². The van der Waals surface area contributed by atoms with Crippen LogP contribution in [0.5, 0.6) is 0 Å². The number of nitrogens with zero attached hydrogens (tertiary/aromatic N) is 4. The Bertz CT molecular complexity index is 430. The average Bonchev–Trinajstić information content (AvgIpc) is 2.76. The Balaban J connectivity index is 1.97. The van der Waals surface area contributed by atoms with Crippen LogP contribution in [0.15, 0.2) is 23.6 Å². The first-order valence-electron chi connectivity index (χ1n) is 4.85. The first-order chi connectivity index (χ1) is 7.90. The third kappa shape index (κ3) is 2.89. The summed E-state index contributed by atoms with van der Waals surface area (Å²) in [7, 11) is 0. The highest BCUT2D eigenvalue weighted by Gasteiger charge is 2.08. The Kier molecular flexibility index (Phi) is 4.06. The summed E-state index contributed by atoms with van der Waals surface area (Å²) in [4.78, 5) is 8.28. The molecule has 0 aliphatic rings. The lowest BCUT2D eigenvalue weighted by atomic mass is 10.5. The second-order valence-corrected chi connectivity index (χ2v) is 4.60. The Labute approximate surface area is 102 Å². The molecule has 84 valence electrons. The van der Waals surface area contributed by atoms with E-state index in [0.717, 1.165) is 28.1 Å². The van der Waals surface area contributed by atoms with Crippen molar-refractivity contribution in [2.45, 2.75) is 17.8 Å². The smallest absolute Gasteiger partial charge is 0.187 e. The minimum Gasteiger partial charge on any atom is -0.374 e. The summed E-state index contributed by atoms with van der Waals surface area (Å²) in [5, 5.41) is 9.11. The highest BCUT2D eigenvalue weighted by molar-refractivity contribution is 7.98. The zero-order chi connectivity index (χ0) is 11.2. The second-order valence-electron chi connectivity index (χ2n) is 2.90. The maximum atomic E-state index is 4.14. The lowest BCUT2D eigenvalue weighted by Crippen LogP contribution is -1.97. The van der Waals surface area contributed by atoms with Crippen LogP contribution in [-0.2, 0) is 5.75 Å². The number of rotatable bonds is 5. The number of hydrogen-bond donors (Lipinski definition) is 1. The largest absolute Gasteiger partial charge is 0.374 e. The molecule has 0 radical (unpaired) electrons. The predicted octanol–water partition coefficient (Wildman–Crippen LogP) is 2.05. The van der Waals surface area contributed by atoms with Crippen molar-refractivity contribution in [3.63, 3.8) is 0 Å². The van der Waals surface area contributed by atoms with Crippen molar-refractivity contribution in [2.24, 2.45) is 0 Å². The third-order valence-corrected chi connectivity index (χ3v) is 3.39. The van der Waals surface area contributed by atoms with Gasteiger partial charge in [0.05, 0.1) is 0 Å². The van der Waals surface area contributed by atoms with Crippen LogP contribution >= 0.6 is 23.3 Å². The molecule has 0 spiro atoms. The summed E-state index contributed by atoms with van der Waals surface area (Å²) < 4.78 is 3.93. The lowest BCUT2D eigenvalue weighted by molar-refractivity contribution is 0.963. The molecule has 0 aliphatic heterocycles. The number of anilines is 1. The summed E-state index contributed by atoms with van der Waals surface area (Å²) in [5.74, 6) is 0.739. The molecule has 0 fully saturated rings. The molecule has 2 rings (SSSR count). The SMILES string of the molecule is CCNc1snnc1CSc1ncccn1. The first-order valence-corrected chi connectivity index (χ1v) is 6.61. The van der Waals surface area contributed by atoms with E-state index < -0.39 is 0 Å². The van der Waals surface area contributed by atoms with Gasteiger partial charge in [-0.2, -0.15) is 0 Å². The fraction of sp³-hybridized carbons (Fsp3) is 0.333. The lowest BCUT2D eigenvalue weighted by Gasteiger charge is -2.00. The minimum atomic E-state index is 0.739. The minimum absolute atomic E-state index is 0.739. The molecule has 0 saturated heterocycles. The van der Waals surface area contributed by atoms with E-state index in [0.29, 0.717) is 0 Å². The van der Waals surface area contributed by atoms with Crippen molar-refractivity contribution in [3.8, 4) is 0 Å². The molecule has 0 amide bonds. The summed E-state index contributed by atoms with van der Waals surface area (Å²) in [6.07, 6.45) is 3.47. The fourth-order valence-corrected chi connectivity index (χ4v) is 2.57. The second kappa shape index (κ2) is 5.76. The van der Waals surface area contributed by atoms with Gasteiger partial charge >= 0.3 is 0 Å². The van der Waals surface area contributed by atoms with E-state index in [2.05, 4.69) is 31.8 Å². The Morgan fingerprint density at radius 3 is 2.94 bits per heavy atom. The Hall–Kier alpha value is -1.21. The van der Waals surface area contributed by atoms with Gasteiger partial charge < -0.3 is 5.32 Å². The van der Waals surface area contributed by atoms with Crippen LogP contribution in [0.1, 0.15) is 12.6 Å². The van der Waals surface area contributed by atoms with Gasteiger partial charge in [-0.1, -0.05) is 16.3 Å². The standard InChI is InChI=1S/C9H11N5S2/c1-2-10-8-7(13-14-16-8)6-15-9-11-4-3-5-12-9/h3-5,10H,2,6H2,1H3. The molecule has 0 aromatic carbocycles. The molecular formula is C9H11N5S2. The van der Waals surface area contributed by atoms with E-state index in [1.807, 2.05) is 0 Å². The fourth-order valence-electron chi connectivity index (χ4n) is 1.09. The van der Waals surface area contributed by atoms with Gasteiger partial charge in [-0.25, -0.2) is 9.97 Å². The molecule has 0 atom stereocenters. The quantitative estimate of drug-likeness (QED) is 0.650. The molecule has 2 aromatic heterocycles. The molecule has 0 unspecified atom stereocenters. The van der Waals surface area contributed by atoms with E-state index >= 15 is 0 Å². The molecule has 0 aliphatic carbocycles. The molecule has 2 heterocycles.